The van der Waals surface area contributed by atoms with Crippen LogP contribution >= 0.6 is 0 Å². The van der Waals surface area contributed by atoms with Crippen molar-refractivity contribution in [3.8, 4) is 11.5 Å². The molecule has 1 aromatic rings. The second-order valence-electron chi connectivity index (χ2n) is 8.40. The average molecular weight is 437 g/mol. The van der Waals surface area contributed by atoms with E-state index >= 15 is 0 Å². The Morgan fingerprint density at radius 1 is 0.969 bits per heavy atom. The Bertz CT molecular complexity index is 921. The van der Waals surface area contributed by atoms with Crippen LogP contribution in [-0.2, 0) is 0 Å². The average Bonchev–Trinajstić information content (AvgIpc) is 2.81. The number of benzene rings is 1. The van der Waals surface area contributed by atoms with Gasteiger partial charge in [0.15, 0.2) is 0 Å². The molecule has 170 valence electrons. The number of rotatable bonds is 4. The molecule has 0 unspecified atom stereocenters. The van der Waals surface area contributed by atoms with Crippen molar-refractivity contribution < 1.29 is 10.2 Å². The first kappa shape index (κ1) is 23.6. The van der Waals surface area contributed by atoms with Crippen molar-refractivity contribution in [1.82, 2.24) is 15.2 Å². The van der Waals surface area contributed by atoms with Crippen molar-refractivity contribution in [1.29, 1.82) is 0 Å². The van der Waals surface area contributed by atoms with Gasteiger partial charge >= 0.3 is 0 Å². The Morgan fingerprint density at radius 3 is 2.19 bits per heavy atom. The van der Waals surface area contributed by atoms with E-state index in [2.05, 4.69) is 31.9 Å². The number of nitrogens with zero attached hydrogens (tertiary/aromatic N) is 5. The molecule has 0 radical (unpaired) electrons. The van der Waals surface area contributed by atoms with Crippen LogP contribution < -0.4 is 22.1 Å². The van der Waals surface area contributed by atoms with E-state index < -0.39 is 0 Å². The lowest BCUT2D eigenvalue weighted by Crippen LogP contribution is -2.38. The summed E-state index contributed by atoms with van der Waals surface area (Å²) >= 11 is 0. The highest BCUT2D eigenvalue weighted by Gasteiger charge is 2.18. The van der Waals surface area contributed by atoms with Crippen LogP contribution in [-0.4, -0.2) is 80.0 Å². The molecule has 2 aliphatic rings. The minimum atomic E-state index is -0.0254. The van der Waals surface area contributed by atoms with Crippen LogP contribution in [0.4, 0.5) is 0 Å². The predicted octanol–water partition coefficient (Wildman–Crippen LogP) is -1.35. The number of guanidine groups is 2. The summed E-state index contributed by atoms with van der Waals surface area (Å²) in [5, 5.41) is 24.3. The summed E-state index contributed by atoms with van der Waals surface area (Å²) < 4.78 is 0. The highest BCUT2D eigenvalue weighted by Crippen LogP contribution is 2.17. The number of piperidine rings is 2. The third kappa shape index (κ3) is 5.99. The quantitative estimate of drug-likeness (QED) is 0.200. The topological polar surface area (TPSA) is 122 Å². The second-order valence-corrected chi connectivity index (χ2v) is 8.40. The van der Waals surface area contributed by atoms with Crippen molar-refractivity contribution in [2.45, 2.75) is 38.5 Å². The van der Waals surface area contributed by atoms with Crippen LogP contribution in [0.15, 0.2) is 33.6 Å². The molecule has 32 heavy (non-hydrogen) atoms. The number of aliphatic imine (C=N–C) groups is 2. The third-order valence-corrected chi connectivity index (χ3v) is 5.92. The zero-order valence-electron chi connectivity index (χ0n) is 19.1. The molecular formula is C21H33B2N7O2. The number of phenolic OH excluding ortho intramolecular Hbond substituents is 2. The molecule has 0 spiro atoms. The number of aromatic hydroxyl groups is 2. The van der Waals surface area contributed by atoms with E-state index in [1.165, 1.54) is 19.1 Å². The maximum absolute atomic E-state index is 10.2. The molecule has 0 aromatic heterocycles. The van der Waals surface area contributed by atoms with E-state index in [9.17, 15) is 10.2 Å². The minimum absolute atomic E-state index is 0.0254. The Morgan fingerprint density at radius 2 is 1.56 bits per heavy atom. The first-order valence-electron chi connectivity index (χ1n) is 11.3. The second kappa shape index (κ2) is 11.0. The van der Waals surface area contributed by atoms with Gasteiger partial charge in [0.05, 0.1) is 6.21 Å². The van der Waals surface area contributed by atoms with Gasteiger partial charge in [0, 0.05) is 31.7 Å². The summed E-state index contributed by atoms with van der Waals surface area (Å²) in [7, 11) is 3.41. The molecule has 1 aromatic carbocycles. The Kier molecular flexibility index (Phi) is 8.08. The molecular weight excluding hydrogens is 404 g/mol. The zero-order valence-corrected chi connectivity index (χ0v) is 19.1. The van der Waals surface area contributed by atoms with Crippen LogP contribution in [0.1, 0.15) is 44.1 Å². The van der Waals surface area contributed by atoms with Gasteiger partial charge in [0.25, 0.3) is 0 Å². The van der Waals surface area contributed by atoms with Crippen molar-refractivity contribution in [2.24, 2.45) is 20.8 Å². The fraction of sp³-hybridized carbons (Fsp3) is 0.476. The van der Waals surface area contributed by atoms with E-state index in [4.69, 9.17) is 10.7 Å². The first-order chi connectivity index (χ1) is 15.4. The van der Waals surface area contributed by atoms with Gasteiger partial charge in [-0.15, -0.1) is 0 Å². The van der Waals surface area contributed by atoms with Gasteiger partial charge in [-0.25, -0.2) is 5.43 Å². The number of hydrogen-bond acceptors (Lipinski definition) is 5. The van der Waals surface area contributed by atoms with Crippen molar-refractivity contribution >= 4 is 44.8 Å². The van der Waals surface area contributed by atoms with Crippen molar-refractivity contribution in [2.75, 3.05) is 26.2 Å². The molecule has 2 saturated heterocycles. The largest absolute Gasteiger partial charge is 0.509 e. The number of likely N-dealkylation sites (tertiary alicyclic amines) is 2. The zero-order chi connectivity index (χ0) is 23.1. The van der Waals surface area contributed by atoms with Crippen LogP contribution in [0.5, 0.6) is 11.5 Å². The van der Waals surface area contributed by atoms with Crippen molar-refractivity contribution in [3.63, 3.8) is 0 Å². The lowest BCUT2D eigenvalue weighted by molar-refractivity contribution is 0.281. The van der Waals surface area contributed by atoms with E-state index in [-0.39, 0.29) is 17.5 Å². The normalized spacial score (nSPS) is 18.2. The predicted molar refractivity (Wildman–Crippen MR) is 136 cm³/mol. The van der Waals surface area contributed by atoms with Gasteiger partial charge in [0.2, 0.25) is 11.9 Å². The molecule has 2 heterocycles. The number of hydrogen-bond donors (Lipinski definition) is 4. The summed E-state index contributed by atoms with van der Waals surface area (Å²) in [5.74, 6) is 1.40. The number of nitrogens with two attached hydrogens (primary N) is 1. The first-order valence-corrected chi connectivity index (χ1v) is 11.3. The molecule has 9 nitrogen and oxygen atoms in total. The lowest BCUT2D eigenvalue weighted by atomic mass is 9.83. The summed E-state index contributed by atoms with van der Waals surface area (Å²) in [6.45, 7) is 7.85. The Hall–Kier alpha value is -3.10. The Labute approximate surface area is 191 Å². The lowest BCUT2D eigenvalue weighted by Gasteiger charge is -2.31. The molecule has 11 heteroatoms. The maximum atomic E-state index is 10.2. The molecule has 0 aliphatic carbocycles. The fourth-order valence-corrected chi connectivity index (χ4v) is 3.99. The van der Waals surface area contributed by atoms with E-state index in [0.29, 0.717) is 28.3 Å². The number of nitrogens with one attached hydrogen (secondary N) is 1. The molecule has 5 N–H and O–H groups in total. The highest BCUT2D eigenvalue weighted by atomic mass is 16.3. The molecule has 0 saturated carbocycles. The van der Waals surface area contributed by atoms with Gasteiger partial charge in [-0.05, 0) is 49.5 Å². The molecule has 2 aliphatic heterocycles. The monoisotopic (exact) mass is 437 g/mol. The summed E-state index contributed by atoms with van der Waals surface area (Å²) in [4.78, 5) is 13.5. The standard InChI is InChI=1S/C21H33B2N7O2/c1-14(29-8-4-2-5-9-29)26-21(30-10-6-3-7-11-30)27-20(24)28-25-13-15-12-16(22)19(32)17(23)18(15)31/h12-13,31-32H,1-11,22-23H2,(H3,24,26,27,28)/b25-13+. The molecule has 0 bridgehead atoms. The van der Waals surface area contributed by atoms with Gasteiger partial charge < -0.3 is 25.7 Å². The van der Waals surface area contributed by atoms with Gasteiger partial charge in [0.1, 0.15) is 33.0 Å². The number of phenols is 2. The summed E-state index contributed by atoms with van der Waals surface area (Å²) in [5.41, 5.74) is 10.3. The smallest absolute Gasteiger partial charge is 0.230 e. The van der Waals surface area contributed by atoms with Crippen LogP contribution in [0, 0.1) is 0 Å². The minimum Gasteiger partial charge on any atom is -0.509 e. The van der Waals surface area contributed by atoms with Crippen LogP contribution in [0.3, 0.4) is 0 Å². The van der Waals surface area contributed by atoms with E-state index in [1.54, 1.807) is 21.8 Å². The third-order valence-electron chi connectivity index (χ3n) is 5.92. The van der Waals surface area contributed by atoms with E-state index in [0.717, 1.165) is 51.9 Å². The van der Waals surface area contributed by atoms with Crippen LogP contribution in [0.2, 0.25) is 0 Å². The molecule has 3 rings (SSSR count). The van der Waals surface area contributed by atoms with Gasteiger partial charge in [-0.2, -0.15) is 15.1 Å². The van der Waals surface area contributed by atoms with Crippen LogP contribution in [0.25, 0.3) is 0 Å². The van der Waals surface area contributed by atoms with Gasteiger partial charge in [-0.1, -0.05) is 12.6 Å². The Balaban J connectivity index is 1.75. The number of hydrazone groups is 1. The molecule has 0 atom stereocenters. The summed E-state index contributed by atoms with van der Waals surface area (Å²) in [6.07, 6.45) is 8.38. The maximum Gasteiger partial charge on any atom is 0.230 e. The van der Waals surface area contributed by atoms with Crippen molar-refractivity contribution in [3.05, 3.63) is 24.0 Å². The fourth-order valence-electron chi connectivity index (χ4n) is 3.99. The summed E-state index contributed by atoms with van der Waals surface area (Å²) in [6, 6.07) is 1.65. The molecule has 0 amide bonds. The highest BCUT2D eigenvalue weighted by molar-refractivity contribution is 6.43. The van der Waals surface area contributed by atoms with E-state index in [1.807, 2.05) is 0 Å². The molecule has 2 fully saturated rings. The SMILES string of the molecule is Bc1cc(/C=N/N/C(N)=N/C(=N\C(=C)N2CCCCC2)N2CCCCC2)c(O)c(B)c1O. The van der Waals surface area contributed by atoms with Gasteiger partial charge in [-0.3, -0.25) is 0 Å².